The van der Waals surface area contributed by atoms with E-state index in [0.29, 0.717) is 29.9 Å². The predicted octanol–water partition coefficient (Wildman–Crippen LogP) is 1.74. The van der Waals surface area contributed by atoms with Crippen LogP contribution < -0.4 is 25.2 Å². The van der Waals surface area contributed by atoms with E-state index in [1.165, 1.54) is 17.2 Å². The SMILES string of the molecule is Cn1c(-c2ccnc(Nc3cc(N4CC[NH+](C)CC4)ccc3OC(F)(F)F)n2)cc2c1CCNC2=O. The molecular formula is C24H27F3N7O2+. The van der Waals surface area contributed by atoms with Crippen molar-refractivity contribution in [1.29, 1.82) is 0 Å². The maximum absolute atomic E-state index is 13.1. The Bertz CT molecular complexity index is 1280. The molecule has 0 radical (unpaired) electrons. The largest absolute Gasteiger partial charge is 0.573 e. The van der Waals surface area contributed by atoms with Gasteiger partial charge in [0.15, 0.2) is 5.75 Å². The van der Waals surface area contributed by atoms with Gasteiger partial charge in [0, 0.05) is 37.6 Å². The Morgan fingerprint density at radius 1 is 1.17 bits per heavy atom. The summed E-state index contributed by atoms with van der Waals surface area (Å²) in [4.78, 5) is 24.5. The van der Waals surface area contributed by atoms with Crippen molar-refractivity contribution in [2.45, 2.75) is 12.8 Å². The summed E-state index contributed by atoms with van der Waals surface area (Å²) >= 11 is 0. The number of amides is 1. The number of benzene rings is 1. The highest BCUT2D eigenvalue weighted by Gasteiger charge is 2.33. The summed E-state index contributed by atoms with van der Waals surface area (Å²) in [5.74, 6) is -0.393. The average Bonchev–Trinajstić information content (AvgIpc) is 3.18. The number of aromatic nitrogens is 3. The number of ether oxygens (including phenoxy) is 1. The van der Waals surface area contributed by atoms with Crippen molar-refractivity contribution in [2.75, 3.05) is 50.0 Å². The van der Waals surface area contributed by atoms with Gasteiger partial charge < -0.3 is 29.7 Å². The Hall–Kier alpha value is -3.80. The van der Waals surface area contributed by atoms with E-state index in [-0.39, 0.29) is 23.3 Å². The van der Waals surface area contributed by atoms with Gasteiger partial charge >= 0.3 is 6.36 Å². The molecule has 3 aromatic rings. The molecule has 0 atom stereocenters. The lowest BCUT2D eigenvalue weighted by Crippen LogP contribution is -3.12. The summed E-state index contributed by atoms with van der Waals surface area (Å²) in [6, 6.07) is 8.03. The lowest BCUT2D eigenvalue weighted by molar-refractivity contribution is -0.880. The number of fused-ring (bicyclic) bond motifs is 1. The monoisotopic (exact) mass is 502 g/mol. The Balaban J connectivity index is 1.47. The van der Waals surface area contributed by atoms with Crippen molar-refractivity contribution in [3.8, 4) is 17.1 Å². The topological polar surface area (TPSA) is 88.8 Å². The van der Waals surface area contributed by atoms with E-state index in [4.69, 9.17) is 0 Å². The molecule has 2 aliphatic rings. The fourth-order valence-corrected chi connectivity index (χ4v) is 4.63. The maximum atomic E-state index is 13.1. The number of nitrogens with one attached hydrogen (secondary N) is 3. The highest BCUT2D eigenvalue weighted by atomic mass is 19.4. The summed E-state index contributed by atoms with van der Waals surface area (Å²) in [5.41, 5.74) is 3.64. The van der Waals surface area contributed by atoms with Gasteiger partial charge in [-0.1, -0.05) is 0 Å². The van der Waals surface area contributed by atoms with Crippen molar-refractivity contribution in [3.63, 3.8) is 0 Å². The number of nitrogens with zero attached hydrogens (tertiary/aromatic N) is 4. The number of carbonyl (C=O) groups is 1. The second-order valence-electron chi connectivity index (χ2n) is 9.02. The second-order valence-corrected chi connectivity index (χ2v) is 9.02. The van der Waals surface area contributed by atoms with Crippen LogP contribution in [0.2, 0.25) is 0 Å². The number of likely N-dealkylation sites (N-methyl/N-ethyl adjacent to an activating group) is 1. The first-order chi connectivity index (χ1) is 17.2. The van der Waals surface area contributed by atoms with E-state index < -0.39 is 6.36 Å². The normalized spacial score (nSPS) is 16.5. The van der Waals surface area contributed by atoms with Gasteiger partial charge in [-0.2, -0.15) is 0 Å². The molecule has 0 bridgehead atoms. The van der Waals surface area contributed by atoms with E-state index in [2.05, 4.69) is 37.3 Å². The van der Waals surface area contributed by atoms with Crippen molar-refractivity contribution in [2.24, 2.45) is 7.05 Å². The van der Waals surface area contributed by atoms with Gasteiger partial charge in [0.1, 0.15) is 0 Å². The number of rotatable bonds is 5. The molecule has 1 saturated heterocycles. The zero-order valence-electron chi connectivity index (χ0n) is 19.9. The van der Waals surface area contributed by atoms with Gasteiger partial charge in [-0.05, 0) is 30.3 Å². The lowest BCUT2D eigenvalue weighted by Gasteiger charge is -2.32. The van der Waals surface area contributed by atoms with Gasteiger partial charge in [-0.3, -0.25) is 4.79 Å². The number of hydrogen-bond donors (Lipinski definition) is 3. The van der Waals surface area contributed by atoms with E-state index in [1.54, 1.807) is 24.3 Å². The first kappa shape index (κ1) is 23.9. The molecule has 12 heteroatoms. The lowest BCUT2D eigenvalue weighted by atomic mass is 10.1. The van der Waals surface area contributed by atoms with E-state index >= 15 is 0 Å². The molecule has 1 amide bonds. The first-order valence-electron chi connectivity index (χ1n) is 11.7. The van der Waals surface area contributed by atoms with Crippen molar-refractivity contribution in [3.05, 3.63) is 47.8 Å². The minimum Gasteiger partial charge on any atom is -0.404 e. The molecule has 36 heavy (non-hydrogen) atoms. The standard InChI is InChI=1S/C24H26F3N7O2/c1-32-9-11-34(12-10-32)15-3-4-21(36-24(25,26)27)18(13-15)31-23-29-7-5-17(30-23)20-14-16-19(33(20)2)6-8-28-22(16)35/h3-5,7,13-14H,6,8-12H2,1-2H3,(H,28,35)(H,29,30,31)/p+1. The van der Waals surface area contributed by atoms with E-state index in [9.17, 15) is 18.0 Å². The molecule has 2 aliphatic heterocycles. The molecule has 2 aromatic heterocycles. The second kappa shape index (κ2) is 9.34. The van der Waals surface area contributed by atoms with Gasteiger partial charge in [0.05, 0.1) is 55.9 Å². The van der Waals surface area contributed by atoms with Gasteiger partial charge in [0.2, 0.25) is 5.95 Å². The third-order valence-corrected chi connectivity index (χ3v) is 6.59. The van der Waals surface area contributed by atoms with E-state index in [1.807, 2.05) is 11.6 Å². The molecule has 1 fully saturated rings. The number of quaternary nitrogens is 1. The molecule has 0 unspecified atom stereocenters. The van der Waals surface area contributed by atoms with Crippen LogP contribution in [0.3, 0.4) is 0 Å². The summed E-state index contributed by atoms with van der Waals surface area (Å²) in [6.07, 6.45) is -2.62. The van der Waals surface area contributed by atoms with Crippen LogP contribution >= 0.6 is 0 Å². The quantitative estimate of drug-likeness (QED) is 0.493. The molecule has 0 spiro atoms. The number of hydrogen-bond acceptors (Lipinski definition) is 6. The Kier molecular flexibility index (Phi) is 6.20. The number of alkyl halides is 3. The number of halogens is 3. The van der Waals surface area contributed by atoms with Gasteiger partial charge in [-0.15, -0.1) is 13.2 Å². The van der Waals surface area contributed by atoms with Gasteiger partial charge in [0.25, 0.3) is 5.91 Å². The zero-order chi connectivity index (χ0) is 25.4. The third kappa shape index (κ3) is 4.94. The number of piperazine rings is 1. The Morgan fingerprint density at radius 2 is 1.94 bits per heavy atom. The smallest absolute Gasteiger partial charge is 0.404 e. The molecule has 1 aromatic carbocycles. The average molecular weight is 503 g/mol. The van der Waals surface area contributed by atoms with Crippen molar-refractivity contribution < 1.29 is 27.6 Å². The van der Waals surface area contributed by atoms with Crippen LogP contribution in [-0.2, 0) is 13.5 Å². The molecule has 3 N–H and O–H groups in total. The minimum atomic E-state index is -4.85. The highest BCUT2D eigenvalue weighted by molar-refractivity contribution is 5.97. The summed E-state index contributed by atoms with van der Waals surface area (Å²) < 4.78 is 45.5. The van der Waals surface area contributed by atoms with Crippen LogP contribution in [0.5, 0.6) is 5.75 Å². The molecule has 4 heterocycles. The predicted molar refractivity (Wildman–Crippen MR) is 128 cm³/mol. The Morgan fingerprint density at radius 3 is 2.67 bits per heavy atom. The van der Waals surface area contributed by atoms with Gasteiger partial charge in [-0.25, -0.2) is 9.97 Å². The van der Waals surface area contributed by atoms with Crippen LogP contribution in [0.25, 0.3) is 11.4 Å². The van der Waals surface area contributed by atoms with Crippen LogP contribution in [0, 0.1) is 0 Å². The summed E-state index contributed by atoms with van der Waals surface area (Å²) in [7, 11) is 3.98. The van der Waals surface area contributed by atoms with Crippen molar-refractivity contribution in [1.82, 2.24) is 19.9 Å². The fraction of sp³-hybridized carbons (Fsp3) is 0.375. The Labute approximate surface area is 205 Å². The fourth-order valence-electron chi connectivity index (χ4n) is 4.63. The zero-order valence-corrected chi connectivity index (χ0v) is 19.9. The highest BCUT2D eigenvalue weighted by Crippen LogP contribution is 2.35. The summed E-state index contributed by atoms with van der Waals surface area (Å²) in [6.45, 7) is 4.03. The molecule has 5 rings (SSSR count). The maximum Gasteiger partial charge on any atom is 0.573 e. The molecule has 0 saturated carbocycles. The van der Waals surface area contributed by atoms with Crippen LogP contribution in [0.4, 0.5) is 30.5 Å². The van der Waals surface area contributed by atoms with Crippen LogP contribution in [0.15, 0.2) is 36.5 Å². The van der Waals surface area contributed by atoms with Crippen LogP contribution in [0.1, 0.15) is 16.1 Å². The minimum absolute atomic E-state index is 0.110. The first-order valence-corrected chi connectivity index (χ1v) is 11.7. The summed E-state index contributed by atoms with van der Waals surface area (Å²) in [5, 5.41) is 5.74. The molecule has 190 valence electrons. The third-order valence-electron chi connectivity index (χ3n) is 6.59. The van der Waals surface area contributed by atoms with Crippen LogP contribution in [-0.4, -0.2) is 66.6 Å². The number of carbonyl (C=O) groups excluding carboxylic acids is 1. The molecule has 0 aliphatic carbocycles. The molecular weight excluding hydrogens is 475 g/mol. The van der Waals surface area contributed by atoms with Crippen molar-refractivity contribution >= 4 is 23.2 Å². The van der Waals surface area contributed by atoms with E-state index in [0.717, 1.165) is 37.6 Å². The molecule has 9 nitrogen and oxygen atoms in total. The number of anilines is 3.